The third-order valence-electron chi connectivity index (χ3n) is 6.43. The maximum absolute atomic E-state index is 12.6. The molecule has 0 aliphatic carbocycles. The molecule has 0 spiro atoms. The monoisotopic (exact) mass is 556 g/mol. The summed E-state index contributed by atoms with van der Waals surface area (Å²) >= 11 is 0. The Morgan fingerprint density at radius 1 is 1.00 bits per heavy atom. The highest BCUT2D eigenvalue weighted by atomic mass is 127. The standard InChI is InChI=1S/C24H40N6O.HI/c1-21-10-15-28(16-11-21)14-6-12-26-24(25-2)27-13-9-23(31)30-19-17-29(18-20-30)22-7-4-3-5-8-22;/h3-5,7-8,21H,6,9-20H2,1-2H3,(H2,25,26,27);1H. The lowest BCUT2D eigenvalue weighted by Crippen LogP contribution is -2.49. The van der Waals surface area contributed by atoms with Gasteiger partial charge in [0.25, 0.3) is 0 Å². The van der Waals surface area contributed by atoms with E-state index in [-0.39, 0.29) is 29.9 Å². The molecule has 2 heterocycles. The van der Waals surface area contributed by atoms with Crippen molar-refractivity contribution in [2.24, 2.45) is 10.9 Å². The van der Waals surface area contributed by atoms with Crippen LogP contribution in [0.1, 0.15) is 32.6 Å². The predicted molar refractivity (Wildman–Crippen MR) is 144 cm³/mol. The first kappa shape index (κ1) is 26.7. The number of halogens is 1. The van der Waals surface area contributed by atoms with Gasteiger partial charge >= 0.3 is 0 Å². The number of carbonyl (C=O) groups excluding carboxylic acids is 1. The molecule has 2 aliphatic heterocycles. The number of aliphatic imine (C=N–C) groups is 1. The molecule has 2 fully saturated rings. The minimum absolute atomic E-state index is 0. The summed E-state index contributed by atoms with van der Waals surface area (Å²) in [6.07, 6.45) is 4.26. The van der Waals surface area contributed by atoms with Crippen LogP contribution in [0.4, 0.5) is 5.69 Å². The number of para-hydroxylation sites is 1. The van der Waals surface area contributed by atoms with Gasteiger partial charge in [0, 0.05) is 58.4 Å². The van der Waals surface area contributed by atoms with E-state index in [1.807, 2.05) is 11.0 Å². The van der Waals surface area contributed by atoms with E-state index in [0.717, 1.165) is 57.6 Å². The van der Waals surface area contributed by atoms with Gasteiger partial charge in [0.05, 0.1) is 0 Å². The molecule has 0 bridgehead atoms. The molecule has 7 nitrogen and oxygen atoms in total. The number of benzene rings is 1. The van der Waals surface area contributed by atoms with Gasteiger partial charge in [-0.25, -0.2) is 0 Å². The SMILES string of the molecule is CN=C(NCCCN1CCC(C)CC1)NCCC(=O)N1CCN(c2ccccc2)CC1.I. The molecule has 0 radical (unpaired) electrons. The molecule has 0 aromatic heterocycles. The van der Waals surface area contributed by atoms with Crippen molar-refractivity contribution in [1.82, 2.24) is 20.4 Å². The number of guanidine groups is 1. The van der Waals surface area contributed by atoms with Gasteiger partial charge in [-0.1, -0.05) is 25.1 Å². The van der Waals surface area contributed by atoms with E-state index >= 15 is 0 Å². The number of hydrogen-bond donors (Lipinski definition) is 2. The Hall–Kier alpha value is -1.55. The number of piperidine rings is 1. The first-order valence-electron chi connectivity index (χ1n) is 11.9. The van der Waals surface area contributed by atoms with Crippen LogP contribution in [-0.2, 0) is 4.79 Å². The second-order valence-electron chi connectivity index (χ2n) is 8.76. The average Bonchev–Trinajstić information content (AvgIpc) is 2.82. The molecule has 2 aliphatic rings. The second-order valence-corrected chi connectivity index (χ2v) is 8.76. The van der Waals surface area contributed by atoms with Gasteiger partial charge in [0.15, 0.2) is 5.96 Å². The lowest BCUT2D eigenvalue weighted by atomic mass is 9.99. The van der Waals surface area contributed by atoms with E-state index in [9.17, 15) is 4.79 Å². The van der Waals surface area contributed by atoms with Crippen LogP contribution in [0.3, 0.4) is 0 Å². The van der Waals surface area contributed by atoms with Gasteiger partial charge < -0.3 is 25.3 Å². The summed E-state index contributed by atoms with van der Waals surface area (Å²) in [5, 5.41) is 6.66. The summed E-state index contributed by atoms with van der Waals surface area (Å²) in [4.78, 5) is 23.7. The van der Waals surface area contributed by atoms with Crippen molar-refractivity contribution in [3.05, 3.63) is 30.3 Å². The molecular formula is C24H41IN6O. The van der Waals surface area contributed by atoms with E-state index in [4.69, 9.17) is 0 Å². The summed E-state index contributed by atoms with van der Waals surface area (Å²) in [5.41, 5.74) is 1.24. The molecule has 0 atom stereocenters. The summed E-state index contributed by atoms with van der Waals surface area (Å²) in [5.74, 6) is 1.89. The average molecular weight is 557 g/mol. The molecule has 32 heavy (non-hydrogen) atoms. The Bertz CT molecular complexity index is 685. The van der Waals surface area contributed by atoms with Crippen molar-refractivity contribution in [2.45, 2.75) is 32.6 Å². The van der Waals surface area contributed by atoms with Crippen molar-refractivity contribution in [2.75, 3.05) is 70.9 Å². The largest absolute Gasteiger partial charge is 0.368 e. The van der Waals surface area contributed by atoms with Crippen molar-refractivity contribution in [3.63, 3.8) is 0 Å². The second kappa shape index (κ2) is 14.6. The highest BCUT2D eigenvalue weighted by Crippen LogP contribution is 2.16. The summed E-state index contributed by atoms with van der Waals surface area (Å²) in [7, 11) is 1.78. The van der Waals surface area contributed by atoms with Crippen LogP contribution in [0.15, 0.2) is 35.3 Å². The van der Waals surface area contributed by atoms with Gasteiger partial charge in [0.2, 0.25) is 5.91 Å². The highest BCUT2D eigenvalue weighted by Gasteiger charge is 2.21. The number of piperazine rings is 1. The molecule has 8 heteroatoms. The molecule has 1 amide bonds. The fraction of sp³-hybridized carbons (Fsp3) is 0.667. The lowest BCUT2D eigenvalue weighted by Gasteiger charge is -2.36. The lowest BCUT2D eigenvalue weighted by molar-refractivity contribution is -0.131. The topological polar surface area (TPSA) is 63.2 Å². The number of carbonyl (C=O) groups is 1. The Balaban J connectivity index is 0.00000363. The van der Waals surface area contributed by atoms with Crippen LogP contribution in [0.25, 0.3) is 0 Å². The van der Waals surface area contributed by atoms with Crippen molar-refractivity contribution in [3.8, 4) is 0 Å². The summed E-state index contributed by atoms with van der Waals surface area (Å²) in [6, 6.07) is 10.4. The minimum atomic E-state index is 0. The van der Waals surface area contributed by atoms with Crippen LogP contribution < -0.4 is 15.5 Å². The van der Waals surface area contributed by atoms with Crippen molar-refractivity contribution >= 4 is 41.5 Å². The minimum Gasteiger partial charge on any atom is -0.368 e. The Morgan fingerprint density at radius 2 is 1.66 bits per heavy atom. The number of anilines is 1. The number of hydrogen-bond acceptors (Lipinski definition) is 4. The number of rotatable bonds is 8. The number of amides is 1. The zero-order chi connectivity index (χ0) is 21.9. The van der Waals surface area contributed by atoms with Crippen LogP contribution in [0.5, 0.6) is 0 Å². The summed E-state index contributed by atoms with van der Waals surface area (Å²) in [6.45, 7) is 10.8. The molecule has 2 saturated heterocycles. The smallest absolute Gasteiger partial charge is 0.224 e. The van der Waals surface area contributed by atoms with E-state index < -0.39 is 0 Å². The molecule has 180 valence electrons. The maximum atomic E-state index is 12.6. The quantitative estimate of drug-likeness (QED) is 0.223. The maximum Gasteiger partial charge on any atom is 0.224 e. The molecule has 2 N–H and O–H groups in total. The van der Waals surface area contributed by atoms with Crippen LogP contribution in [-0.4, -0.2) is 87.6 Å². The highest BCUT2D eigenvalue weighted by molar-refractivity contribution is 14.0. The van der Waals surface area contributed by atoms with Crippen LogP contribution in [0, 0.1) is 5.92 Å². The normalized spacial score (nSPS) is 18.2. The number of likely N-dealkylation sites (tertiary alicyclic amines) is 1. The van der Waals surface area contributed by atoms with Gasteiger partial charge in [-0.2, -0.15) is 0 Å². The Labute approximate surface area is 211 Å². The van der Waals surface area contributed by atoms with Crippen molar-refractivity contribution < 1.29 is 4.79 Å². The van der Waals surface area contributed by atoms with Crippen LogP contribution >= 0.6 is 24.0 Å². The molecule has 3 rings (SSSR count). The number of nitrogens with zero attached hydrogens (tertiary/aromatic N) is 4. The fourth-order valence-corrected chi connectivity index (χ4v) is 4.31. The van der Waals surface area contributed by atoms with Gasteiger partial charge in [-0.3, -0.25) is 9.79 Å². The zero-order valence-corrected chi connectivity index (χ0v) is 22.1. The first-order chi connectivity index (χ1) is 15.2. The molecule has 1 aromatic carbocycles. The molecular weight excluding hydrogens is 515 g/mol. The molecule has 0 saturated carbocycles. The molecule has 0 unspecified atom stereocenters. The van der Waals surface area contributed by atoms with Gasteiger partial charge in [-0.05, 0) is 56.9 Å². The van der Waals surface area contributed by atoms with E-state index in [0.29, 0.717) is 13.0 Å². The Kier molecular flexibility index (Phi) is 12.2. The van der Waals surface area contributed by atoms with E-state index in [2.05, 4.69) is 56.6 Å². The van der Waals surface area contributed by atoms with Crippen LogP contribution in [0.2, 0.25) is 0 Å². The predicted octanol–water partition coefficient (Wildman–Crippen LogP) is 2.63. The Morgan fingerprint density at radius 3 is 2.31 bits per heavy atom. The molecule has 1 aromatic rings. The van der Waals surface area contributed by atoms with Gasteiger partial charge in [0.1, 0.15) is 0 Å². The van der Waals surface area contributed by atoms with Crippen molar-refractivity contribution in [1.29, 1.82) is 0 Å². The summed E-state index contributed by atoms with van der Waals surface area (Å²) < 4.78 is 0. The number of nitrogens with one attached hydrogen (secondary N) is 2. The third kappa shape index (κ3) is 8.77. The van der Waals surface area contributed by atoms with Gasteiger partial charge in [-0.15, -0.1) is 24.0 Å². The zero-order valence-electron chi connectivity index (χ0n) is 19.8. The first-order valence-corrected chi connectivity index (χ1v) is 11.9. The van der Waals surface area contributed by atoms with E-state index in [1.165, 1.54) is 31.6 Å². The van der Waals surface area contributed by atoms with E-state index in [1.54, 1.807) is 7.05 Å². The fourth-order valence-electron chi connectivity index (χ4n) is 4.31. The third-order valence-corrected chi connectivity index (χ3v) is 6.43.